The molecule has 1 aromatic carbocycles. The first kappa shape index (κ1) is 7.06. The SMILES string of the molecule is [NH3+]C(=O)c1c[nH]c2ccccc12. The van der Waals surface area contributed by atoms with Crippen molar-refractivity contribution in [1.29, 1.82) is 0 Å². The Morgan fingerprint density at radius 3 is 2.83 bits per heavy atom. The molecule has 1 heterocycles. The first-order valence-corrected chi connectivity index (χ1v) is 3.71. The lowest BCUT2D eigenvalue weighted by atomic mass is 10.2. The Kier molecular flexibility index (Phi) is 1.45. The molecular formula is C9H9N2O+. The summed E-state index contributed by atoms with van der Waals surface area (Å²) in [5.74, 6) is -0.146. The number of aromatic nitrogens is 1. The van der Waals surface area contributed by atoms with Crippen LogP contribution < -0.4 is 5.73 Å². The molecule has 12 heavy (non-hydrogen) atoms. The van der Waals surface area contributed by atoms with E-state index in [1.807, 2.05) is 24.3 Å². The number of para-hydroxylation sites is 1. The van der Waals surface area contributed by atoms with Gasteiger partial charge in [-0.25, -0.2) is 4.79 Å². The van der Waals surface area contributed by atoms with Crippen LogP contribution in [-0.2, 0) is 0 Å². The van der Waals surface area contributed by atoms with Crippen LogP contribution in [0.3, 0.4) is 0 Å². The molecule has 0 spiro atoms. The maximum Gasteiger partial charge on any atom is 0.343 e. The van der Waals surface area contributed by atoms with Crippen molar-refractivity contribution in [2.24, 2.45) is 0 Å². The van der Waals surface area contributed by atoms with Crippen LogP contribution in [0.2, 0.25) is 0 Å². The normalized spacial score (nSPS) is 10.4. The zero-order chi connectivity index (χ0) is 8.55. The molecule has 0 aliphatic heterocycles. The van der Waals surface area contributed by atoms with Gasteiger partial charge >= 0.3 is 5.91 Å². The van der Waals surface area contributed by atoms with Gasteiger partial charge in [0.05, 0.1) is 0 Å². The van der Waals surface area contributed by atoms with E-state index in [2.05, 4.69) is 10.7 Å². The highest BCUT2D eigenvalue weighted by Gasteiger charge is 2.09. The summed E-state index contributed by atoms with van der Waals surface area (Å²) in [6.45, 7) is 0. The Morgan fingerprint density at radius 1 is 1.33 bits per heavy atom. The third-order valence-corrected chi connectivity index (χ3v) is 1.89. The summed E-state index contributed by atoms with van der Waals surface area (Å²) in [6.07, 6.45) is 1.69. The molecule has 0 saturated carbocycles. The van der Waals surface area contributed by atoms with Crippen LogP contribution in [0.1, 0.15) is 10.4 Å². The van der Waals surface area contributed by atoms with Crippen LogP contribution in [0.4, 0.5) is 0 Å². The van der Waals surface area contributed by atoms with Gasteiger partial charge in [0.15, 0.2) is 0 Å². The topological polar surface area (TPSA) is 60.5 Å². The summed E-state index contributed by atoms with van der Waals surface area (Å²) in [6, 6.07) is 7.67. The summed E-state index contributed by atoms with van der Waals surface area (Å²) >= 11 is 0. The fraction of sp³-hybridized carbons (Fsp3) is 0. The summed E-state index contributed by atoms with van der Waals surface area (Å²) in [7, 11) is 0. The van der Waals surface area contributed by atoms with Crippen LogP contribution in [0.25, 0.3) is 10.9 Å². The number of hydrogen-bond acceptors (Lipinski definition) is 1. The van der Waals surface area contributed by atoms with Crippen LogP contribution in [0.5, 0.6) is 0 Å². The number of quaternary nitrogens is 1. The van der Waals surface area contributed by atoms with Gasteiger partial charge < -0.3 is 4.98 Å². The third kappa shape index (κ3) is 0.914. The van der Waals surface area contributed by atoms with Gasteiger partial charge in [-0.1, -0.05) is 18.2 Å². The van der Waals surface area contributed by atoms with Crippen molar-refractivity contribution in [2.75, 3.05) is 0 Å². The van der Waals surface area contributed by atoms with Gasteiger partial charge in [0.2, 0.25) is 0 Å². The van der Waals surface area contributed by atoms with Crippen molar-refractivity contribution >= 4 is 16.8 Å². The standard InChI is InChI=1S/C9H8N2O/c10-9(12)7-5-11-8-4-2-1-3-6(7)8/h1-5,11H,(H2,10,12)/p+1. The maximum absolute atomic E-state index is 11.0. The minimum absolute atomic E-state index is 0.146. The van der Waals surface area contributed by atoms with Crippen molar-refractivity contribution in [3.8, 4) is 0 Å². The Morgan fingerprint density at radius 2 is 2.08 bits per heavy atom. The highest BCUT2D eigenvalue weighted by molar-refractivity contribution is 6.02. The summed E-state index contributed by atoms with van der Waals surface area (Å²) < 4.78 is 0. The van der Waals surface area contributed by atoms with Gasteiger partial charge in [-0.05, 0) is 6.07 Å². The number of H-pyrrole nitrogens is 1. The molecular weight excluding hydrogens is 152 g/mol. The van der Waals surface area contributed by atoms with E-state index in [0.717, 1.165) is 10.9 Å². The lowest BCUT2D eigenvalue weighted by Crippen LogP contribution is -2.56. The molecule has 60 valence electrons. The smallest absolute Gasteiger partial charge is 0.343 e. The zero-order valence-electron chi connectivity index (χ0n) is 6.50. The van der Waals surface area contributed by atoms with Crippen LogP contribution in [0.15, 0.2) is 30.5 Å². The molecule has 0 saturated heterocycles. The summed E-state index contributed by atoms with van der Waals surface area (Å²) in [5, 5.41) is 0.942. The molecule has 0 atom stereocenters. The lowest BCUT2D eigenvalue weighted by Gasteiger charge is -1.88. The van der Waals surface area contributed by atoms with Crippen molar-refractivity contribution in [1.82, 2.24) is 4.98 Å². The first-order valence-electron chi connectivity index (χ1n) is 3.71. The molecule has 0 fully saturated rings. The van der Waals surface area contributed by atoms with E-state index in [9.17, 15) is 4.79 Å². The van der Waals surface area contributed by atoms with Crippen molar-refractivity contribution < 1.29 is 10.5 Å². The molecule has 0 unspecified atom stereocenters. The summed E-state index contributed by atoms with van der Waals surface area (Å²) in [4.78, 5) is 14.0. The average molecular weight is 161 g/mol. The second-order valence-electron chi connectivity index (χ2n) is 2.67. The molecule has 0 bridgehead atoms. The van der Waals surface area contributed by atoms with Crippen LogP contribution in [-0.4, -0.2) is 10.9 Å². The number of hydrogen-bond donors (Lipinski definition) is 2. The first-order chi connectivity index (χ1) is 5.79. The van der Waals surface area contributed by atoms with Crippen molar-refractivity contribution in [2.45, 2.75) is 0 Å². The van der Waals surface area contributed by atoms with Crippen molar-refractivity contribution in [3.05, 3.63) is 36.0 Å². The van der Waals surface area contributed by atoms with Gasteiger partial charge in [0, 0.05) is 17.1 Å². The Hall–Kier alpha value is -1.61. The molecule has 0 radical (unpaired) electrons. The van der Waals surface area contributed by atoms with Gasteiger partial charge in [-0.2, -0.15) is 0 Å². The van der Waals surface area contributed by atoms with Gasteiger partial charge in [-0.3, -0.25) is 5.73 Å². The molecule has 3 nitrogen and oxygen atoms in total. The van der Waals surface area contributed by atoms with Gasteiger partial charge in [0.1, 0.15) is 5.56 Å². The molecule has 1 amide bonds. The molecule has 0 aliphatic carbocycles. The van der Waals surface area contributed by atoms with E-state index in [1.54, 1.807) is 6.20 Å². The monoisotopic (exact) mass is 161 g/mol. The van der Waals surface area contributed by atoms with E-state index >= 15 is 0 Å². The average Bonchev–Trinajstić information content (AvgIpc) is 2.47. The molecule has 2 aromatic rings. The minimum atomic E-state index is -0.146. The quantitative estimate of drug-likeness (QED) is 0.630. The fourth-order valence-corrected chi connectivity index (χ4v) is 1.30. The van der Waals surface area contributed by atoms with E-state index in [1.165, 1.54) is 0 Å². The fourth-order valence-electron chi connectivity index (χ4n) is 1.30. The molecule has 2 rings (SSSR count). The highest BCUT2D eigenvalue weighted by Crippen LogP contribution is 2.15. The molecule has 0 aliphatic rings. The summed E-state index contributed by atoms with van der Waals surface area (Å²) in [5.41, 5.74) is 5.01. The Bertz CT molecular complexity index is 431. The molecule has 1 aromatic heterocycles. The maximum atomic E-state index is 11.0. The number of carbonyl (C=O) groups excluding carboxylic acids is 1. The van der Waals surface area contributed by atoms with E-state index in [-0.39, 0.29) is 5.91 Å². The predicted octanol–water partition coefficient (Wildman–Crippen LogP) is 0.550. The van der Waals surface area contributed by atoms with Gasteiger partial charge in [-0.15, -0.1) is 0 Å². The van der Waals surface area contributed by atoms with E-state index in [0.29, 0.717) is 5.56 Å². The minimum Gasteiger partial charge on any atom is -0.360 e. The number of rotatable bonds is 1. The van der Waals surface area contributed by atoms with Crippen LogP contribution >= 0.6 is 0 Å². The number of amides is 1. The largest absolute Gasteiger partial charge is 0.360 e. The Labute approximate surface area is 69.2 Å². The highest BCUT2D eigenvalue weighted by atomic mass is 16.1. The molecule has 3 heteroatoms. The number of benzene rings is 1. The third-order valence-electron chi connectivity index (χ3n) is 1.89. The van der Waals surface area contributed by atoms with Crippen molar-refractivity contribution in [3.63, 3.8) is 0 Å². The predicted molar refractivity (Wildman–Crippen MR) is 45.5 cm³/mol. The van der Waals surface area contributed by atoms with Gasteiger partial charge in [0.25, 0.3) is 0 Å². The number of nitrogens with one attached hydrogen (secondary N) is 1. The van der Waals surface area contributed by atoms with E-state index < -0.39 is 0 Å². The van der Waals surface area contributed by atoms with E-state index in [4.69, 9.17) is 0 Å². The molecule has 4 N–H and O–H groups in total. The number of carbonyl (C=O) groups is 1. The lowest BCUT2D eigenvalue weighted by molar-refractivity contribution is -0.254. The number of aromatic amines is 1. The second-order valence-corrected chi connectivity index (χ2v) is 2.67. The van der Waals surface area contributed by atoms with Crippen LogP contribution in [0, 0.1) is 0 Å². The second kappa shape index (κ2) is 2.46. The zero-order valence-corrected chi connectivity index (χ0v) is 6.50. The number of fused-ring (bicyclic) bond motifs is 1. The Balaban J connectivity index is 2.79.